The van der Waals surface area contributed by atoms with Crippen molar-refractivity contribution in [2.45, 2.75) is 44.8 Å². The van der Waals surface area contributed by atoms with E-state index in [1.54, 1.807) is 0 Å². The molecule has 1 amide bonds. The molecule has 4 nitrogen and oxygen atoms in total. The van der Waals surface area contributed by atoms with Crippen LogP contribution in [0.2, 0.25) is 5.02 Å². The van der Waals surface area contributed by atoms with Crippen LogP contribution in [0.5, 0.6) is 0 Å². The Morgan fingerprint density at radius 2 is 1.80 bits per heavy atom. The first-order chi connectivity index (χ1) is 11.6. The molecule has 0 atom stereocenters. The lowest BCUT2D eigenvalue weighted by Crippen LogP contribution is -2.39. The molecule has 1 fully saturated rings. The van der Waals surface area contributed by atoms with Crippen molar-refractivity contribution < 1.29 is 27.5 Å². The summed E-state index contributed by atoms with van der Waals surface area (Å²) in [6.45, 7) is 1.43. The lowest BCUT2D eigenvalue weighted by atomic mass is 9.86. The van der Waals surface area contributed by atoms with E-state index in [1.807, 2.05) is 0 Å². The molecule has 0 unspecified atom stereocenters. The first-order valence-corrected chi connectivity index (χ1v) is 8.27. The second kappa shape index (κ2) is 7.64. The van der Waals surface area contributed by atoms with E-state index in [0.29, 0.717) is 25.7 Å². The van der Waals surface area contributed by atoms with Crippen molar-refractivity contribution in [3.8, 4) is 0 Å². The van der Waals surface area contributed by atoms with E-state index in [2.05, 4.69) is 5.32 Å². The van der Waals surface area contributed by atoms with Gasteiger partial charge in [0.2, 0.25) is 0 Å². The number of alkyl halides is 3. The average Bonchev–Trinajstić information content (AvgIpc) is 2.56. The summed E-state index contributed by atoms with van der Waals surface area (Å²) in [6.07, 6.45) is -2.31. The van der Waals surface area contributed by atoms with Gasteiger partial charge in [0.15, 0.2) is 0 Å². The average molecular weight is 378 g/mol. The normalized spacial score (nSPS) is 20.9. The third kappa shape index (κ3) is 4.66. The topological polar surface area (TPSA) is 55.4 Å². The van der Waals surface area contributed by atoms with Gasteiger partial charge in [0.1, 0.15) is 0 Å². The quantitative estimate of drug-likeness (QED) is 0.806. The zero-order valence-corrected chi connectivity index (χ0v) is 14.6. The van der Waals surface area contributed by atoms with Gasteiger partial charge in [-0.3, -0.25) is 9.59 Å². The highest BCUT2D eigenvalue weighted by molar-refractivity contribution is 6.34. The molecule has 1 aliphatic rings. The lowest BCUT2D eigenvalue weighted by Gasteiger charge is -2.27. The van der Waals surface area contributed by atoms with E-state index >= 15 is 0 Å². The number of aryl methyl sites for hydroxylation is 1. The van der Waals surface area contributed by atoms with Crippen molar-refractivity contribution in [3.05, 3.63) is 33.8 Å². The van der Waals surface area contributed by atoms with Crippen LogP contribution in [0.25, 0.3) is 0 Å². The number of halogens is 4. The van der Waals surface area contributed by atoms with E-state index in [9.17, 15) is 22.8 Å². The number of rotatable bonds is 3. The number of methoxy groups -OCH3 is 1. The molecule has 0 aliphatic heterocycles. The largest absolute Gasteiger partial charge is 0.469 e. The Balaban J connectivity index is 2.09. The van der Waals surface area contributed by atoms with Gasteiger partial charge in [-0.2, -0.15) is 13.2 Å². The third-order valence-corrected chi connectivity index (χ3v) is 4.93. The van der Waals surface area contributed by atoms with Gasteiger partial charge in [-0.05, 0) is 50.3 Å². The number of carbonyl (C=O) groups excluding carboxylic acids is 2. The summed E-state index contributed by atoms with van der Waals surface area (Å²) in [5.41, 5.74) is -0.908. The minimum absolute atomic E-state index is 0.00810. The van der Waals surface area contributed by atoms with Gasteiger partial charge in [-0.25, -0.2) is 0 Å². The summed E-state index contributed by atoms with van der Waals surface area (Å²) in [6, 6.07) is 1.48. The Labute approximate surface area is 148 Å². The number of carbonyl (C=O) groups is 2. The van der Waals surface area contributed by atoms with Gasteiger partial charge >= 0.3 is 12.1 Å². The maximum absolute atomic E-state index is 12.9. The second-order valence-corrected chi connectivity index (χ2v) is 6.58. The summed E-state index contributed by atoms with van der Waals surface area (Å²) < 4.78 is 43.5. The SMILES string of the molecule is COC(=O)C1CCC(NC(=O)c2cc(C(F)(F)F)cc(C)c2Cl)CC1. The number of hydrogen-bond acceptors (Lipinski definition) is 3. The van der Waals surface area contributed by atoms with E-state index < -0.39 is 17.6 Å². The zero-order chi connectivity index (χ0) is 18.8. The first-order valence-electron chi connectivity index (χ1n) is 7.89. The number of hydrogen-bond donors (Lipinski definition) is 1. The molecule has 1 aromatic rings. The predicted molar refractivity (Wildman–Crippen MR) is 86.4 cm³/mol. The molecule has 1 aliphatic carbocycles. The van der Waals surface area contributed by atoms with Crippen LogP contribution in [0, 0.1) is 12.8 Å². The van der Waals surface area contributed by atoms with Crippen molar-refractivity contribution in [2.24, 2.45) is 5.92 Å². The summed E-state index contributed by atoms with van der Waals surface area (Å²) in [7, 11) is 1.33. The Morgan fingerprint density at radius 3 is 2.32 bits per heavy atom. The van der Waals surface area contributed by atoms with Gasteiger partial charge < -0.3 is 10.1 Å². The smallest absolute Gasteiger partial charge is 0.416 e. The predicted octanol–water partition coefficient (Wildman–Crippen LogP) is 4.13. The molecule has 0 spiro atoms. The van der Waals surface area contributed by atoms with Crippen LogP contribution in [0.1, 0.15) is 47.2 Å². The maximum atomic E-state index is 12.9. The van der Waals surface area contributed by atoms with Crippen LogP contribution >= 0.6 is 11.6 Å². The molecule has 0 heterocycles. The number of esters is 1. The fourth-order valence-electron chi connectivity index (χ4n) is 3.00. The molecule has 1 aromatic carbocycles. The Kier molecular flexibility index (Phi) is 5.98. The number of ether oxygens (including phenoxy) is 1. The number of amides is 1. The molecule has 0 radical (unpaired) electrons. The van der Waals surface area contributed by atoms with E-state index in [-0.39, 0.29) is 34.1 Å². The molecular formula is C17H19ClF3NO3. The molecule has 0 aromatic heterocycles. The van der Waals surface area contributed by atoms with Crippen LogP contribution in [0.4, 0.5) is 13.2 Å². The Morgan fingerprint density at radius 1 is 1.20 bits per heavy atom. The van der Waals surface area contributed by atoms with Crippen LogP contribution in [0.3, 0.4) is 0 Å². The van der Waals surface area contributed by atoms with Crippen LogP contribution in [0.15, 0.2) is 12.1 Å². The van der Waals surface area contributed by atoms with Gasteiger partial charge in [0, 0.05) is 6.04 Å². The van der Waals surface area contributed by atoms with Gasteiger partial charge in [0.05, 0.1) is 29.2 Å². The first kappa shape index (κ1) is 19.6. The van der Waals surface area contributed by atoms with Gasteiger partial charge in [-0.1, -0.05) is 11.6 Å². The summed E-state index contributed by atoms with van der Waals surface area (Å²) in [4.78, 5) is 23.9. The number of nitrogens with one attached hydrogen (secondary N) is 1. The highest BCUT2D eigenvalue weighted by Crippen LogP contribution is 2.34. The summed E-state index contributed by atoms with van der Waals surface area (Å²) >= 11 is 6.02. The molecule has 138 valence electrons. The van der Waals surface area contributed by atoms with Crippen LogP contribution in [-0.4, -0.2) is 25.0 Å². The van der Waals surface area contributed by atoms with Crippen molar-refractivity contribution in [2.75, 3.05) is 7.11 Å². The van der Waals surface area contributed by atoms with E-state index in [4.69, 9.17) is 16.3 Å². The lowest BCUT2D eigenvalue weighted by molar-refractivity contribution is -0.146. The monoisotopic (exact) mass is 377 g/mol. The standard InChI is InChI=1S/C17H19ClF3NO3/c1-9-7-11(17(19,20)21)8-13(14(9)18)15(23)22-12-5-3-10(4-6-12)16(24)25-2/h7-8,10,12H,3-6H2,1-2H3,(H,22,23). The van der Waals surface area contributed by atoms with Gasteiger partial charge in [0.25, 0.3) is 5.91 Å². The highest BCUT2D eigenvalue weighted by atomic mass is 35.5. The molecule has 1 saturated carbocycles. The van der Waals surface area contributed by atoms with Crippen molar-refractivity contribution in [1.82, 2.24) is 5.32 Å². The summed E-state index contributed by atoms with van der Waals surface area (Å²) in [5.74, 6) is -1.11. The fourth-order valence-corrected chi connectivity index (χ4v) is 3.20. The molecule has 8 heteroatoms. The minimum atomic E-state index is -4.55. The second-order valence-electron chi connectivity index (χ2n) is 6.20. The number of benzene rings is 1. The van der Waals surface area contributed by atoms with Crippen LogP contribution in [-0.2, 0) is 15.7 Å². The van der Waals surface area contributed by atoms with Gasteiger partial charge in [-0.15, -0.1) is 0 Å². The maximum Gasteiger partial charge on any atom is 0.416 e. The zero-order valence-electron chi connectivity index (χ0n) is 13.9. The van der Waals surface area contributed by atoms with Crippen LogP contribution < -0.4 is 5.32 Å². The van der Waals surface area contributed by atoms with Crippen molar-refractivity contribution in [1.29, 1.82) is 0 Å². The van der Waals surface area contributed by atoms with Crippen molar-refractivity contribution >= 4 is 23.5 Å². The Bertz CT molecular complexity index is 668. The van der Waals surface area contributed by atoms with E-state index in [1.165, 1.54) is 14.0 Å². The molecular weight excluding hydrogens is 359 g/mol. The molecule has 1 N–H and O–H groups in total. The summed E-state index contributed by atoms with van der Waals surface area (Å²) in [5, 5.41) is 2.72. The molecule has 0 bridgehead atoms. The molecule has 2 rings (SSSR count). The highest BCUT2D eigenvalue weighted by Gasteiger charge is 2.33. The van der Waals surface area contributed by atoms with E-state index in [0.717, 1.165) is 12.1 Å². The Hall–Kier alpha value is -1.76. The molecule has 25 heavy (non-hydrogen) atoms. The third-order valence-electron chi connectivity index (χ3n) is 4.42. The minimum Gasteiger partial charge on any atom is -0.469 e. The molecule has 0 saturated heterocycles. The fraction of sp³-hybridized carbons (Fsp3) is 0.529. The van der Waals surface area contributed by atoms with Crippen molar-refractivity contribution in [3.63, 3.8) is 0 Å².